The van der Waals surface area contributed by atoms with Gasteiger partial charge in [0.1, 0.15) is 5.69 Å². The molecule has 1 fully saturated rings. The van der Waals surface area contributed by atoms with Crippen LogP contribution in [0.15, 0.2) is 30.3 Å². The largest absolute Gasteiger partial charge is 0.351 e. The molecule has 0 spiro atoms. The lowest BCUT2D eigenvalue weighted by Crippen LogP contribution is -2.26. The van der Waals surface area contributed by atoms with E-state index in [9.17, 15) is 4.79 Å². The molecule has 100 valence electrons. The number of rotatable bonds is 4. The minimum absolute atomic E-state index is 0.0119. The van der Waals surface area contributed by atoms with Gasteiger partial charge in [-0.3, -0.25) is 4.79 Å². The van der Waals surface area contributed by atoms with Crippen molar-refractivity contribution in [2.45, 2.75) is 12.8 Å². The smallest absolute Gasteiger partial charge is 0.267 e. The van der Waals surface area contributed by atoms with Crippen LogP contribution in [-0.4, -0.2) is 30.5 Å². The van der Waals surface area contributed by atoms with Crippen LogP contribution in [0.1, 0.15) is 23.3 Å². The predicted octanol–water partition coefficient (Wildman–Crippen LogP) is 1.90. The zero-order chi connectivity index (χ0) is 13.1. The average Bonchev–Trinajstić information content (AvgIpc) is 3.07. The van der Waals surface area contributed by atoms with Crippen LogP contribution in [0, 0.1) is 5.92 Å². The van der Waals surface area contributed by atoms with E-state index >= 15 is 0 Å². The van der Waals surface area contributed by atoms with Gasteiger partial charge in [-0.05, 0) is 44.0 Å². The fourth-order valence-corrected chi connectivity index (χ4v) is 2.64. The number of fused-ring (bicyclic) bond motifs is 1. The van der Waals surface area contributed by atoms with Crippen molar-refractivity contribution in [3.63, 3.8) is 0 Å². The quantitative estimate of drug-likeness (QED) is 0.783. The van der Waals surface area contributed by atoms with Crippen molar-refractivity contribution in [3.05, 3.63) is 36.0 Å². The number of hydrogen-bond acceptors (Lipinski definition) is 2. The third-order valence-electron chi connectivity index (χ3n) is 3.78. The Labute approximate surface area is 112 Å². The van der Waals surface area contributed by atoms with E-state index in [2.05, 4.69) is 15.6 Å². The van der Waals surface area contributed by atoms with Gasteiger partial charge in [-0.25, -0.2) is 0 Å². The number of amides is 1. The average molecular weight is 257 g/mol. The third-order valence-corrected chi connectivity index (χ3v) is 3.78. The third kappa shape index (κ3) is 2.79. The maximum atomic E-state index is 12.0. The molecule has 1 aliphatic rings. The fourth-order valence-electron chi connectivity index (χ4n) is 2.64. The maximum absolute atomic E-state index is 12.0. The second-order valence-corrected chi connectivity index (χ2v) is 5.17. The number of carbonyl (C=O) groups is 1. The van der Waals surface area contributed by atoms with Gasteiger partial charge < -0.3 is 15.6 Å². The van der Waals surface area contributed by atoms with E-state index in [0.717, 1.165) is 37.0 Å². The summed E-state index contributed by atoms with van der Waals surface area (Å²) in [6.45, 7) is 2.95. The Morgan fingerprint density at radius 2 is 2.26 bits per heavy atom. The van der Waals surface area contributed by atoms with E-state index in [-0.39, 0.29) is 5.91 Å². The highest BCUT2D eigenvalue weighted by molar-refractivity contribution is 5.97. The molecule has 1 aromatic heterocycles. The highest BCUT2D eigenvalue weighted by Gasteiger charge is 2.15. The molecule has 2 heterocycles. The first kappa shape index (κ1) is 12.2. The van der Waals surface area contributed by atoms with Gasteiger partial charge in [-0.15, -0.1) is 0 Å². The lowest BCUT2D eigenvalue weighted by Gasteiger charge is -2.08. The first-order valence-corrected chi connectivity index (χ1v) is 6.89. The number of hydrogen-bond donors (Lipinski definition) is 3. The van der Waals surface area contributed by atoms with Crippen molar-refractivity contribution in [2.75, 3.05) is 19.6 Å². The summed E-state index contributed by atoms with van der Waals surface area (Å²) in [5.41, 5.74) is 1.65. The van der Waals surface area contributed by atoms with Crippen LogP contribution in [-0.2, 0) is 0 Å². The van der Waals surface area contributed by atoms with Crippen LogP contribution in [0.2, 0.25) is 0 Å². The van der Waals surface area contributed by atoms with E-state index in [4.69, 9.17) is 0 Å². The monoisotopic (exact) mass is 257 g/mol. The number of benzene rings is 1. The summed E-state index contributed by atoms with van der Waals surface area (Å²) in [5, 5.41) is 7.41. The molecule has 0 bridgehead atoms. The summed E-state index contributed by atoms with van der Waals surface area (Å²) in [5.74, 6) is 0.699. The molecule has 4 heteroatoms. The maximum Gasteiger partial charge on any atom is 0.267 e. The van der Waals surface area contributed by atoms with E-state index < -0.39 is 0 Å². The Kier molecular flexibility index (Phi) is 3.51. The number of aromatic amines is 1. The van der Waals surface area contributed by atoms with E-state index in [1.807, 2.05) is 30.3 Å². The van der Waals surface area contributed by atoms with Crippen LogP contribution in [0.25, 0.3) is 10.9 Å². The Morgan fingerprint density at radius 1 is 1.37 bits per heavy atom. The van der Waals surface area contributed by atoms with Gasteiger partial charge in [0.2, 0.25) is 0 Å². The molecule has 19 heavy (non-hydrogen) atoms. The molecular formula is C15H19N3O. The van der Waals surface area contributed by atoms with Crippen LogP contribution >= 0.6 is 0 Å². The SMILES string of the molecule is O=C(NCCC1CCNC1)c1cc2ccccc2[nH]1. The molecule has 1 saturated heterocycles. The molecule has 3 N–H and O–H groups in total. The minimum atomic E-state index is -0.0119. The second-order valence-electron chi connectivity index (χ2n) is 5.17. The van der Waals surface area contributed by atoms with Gasteiger partial charge in [0.15, 0.2) is 0 Å². The summed E-state index contributed by atoms with van der Waals surface area (Å²) in [4.78, 5) is 15.2. The molecule has 1 atom stereocenters. The minimum Gasteiger partial charge on any atom is -0.351 e. The van der Waals surface area contributed by atoms with Gasteiger partial charge in [-0.1, -0.05) is 18.2 Å². The molecule has 1 aliphatic heterocycles. The standard InChI is InChI=1S/C15H19N3O/c19-15(17-8-6-11-5-7-16-10-11)14-9-12-3-1-2-4-13(12)18-14/h1-4,9,11,16,18H,5-8,10H2,(H,17,19). The lowest BCUT2D eigenvalue weighted by molar-refractivity contribution is 0.0947. The molecule has 1 aromatic carbocycles. The highest BCUT2D eigenvalue weighted by atomic mass is 16.1. The van der Waals surface area contributed by atoms with Gasteiger partial charge in [0, 0.05) is 17.4 Å². The zero-order valence-electron chi connectivity index (χ0n) is 10.9. The summed E-state index contributed by atoms with van der Waals surface area (Å²) < 4.78 is 0. The summed E-state index contributed by atoms with van der Waals surface area (Å²) in [6.07, 6.45) is 2.28. The Morgan fingerprint density at radius 3 is 3.05 bits per heavy atom. The molecule has 0 aliphatic carbocycles. The summed E-state index contributed by atoms with van der Waals surface area (Å²) in [6, 6.07) is 9.84. The van der Waals surface area contributed by atoms with Gasteiger partial charge in [0.05, 0.1) is 0 Å². The predicted molar refractivity (Wildman–Crippen MR) is 76.2 cm³/mol. The van der Waals surface area contributed by atoms with Crippen molar-refractivity contribution in [2.24, 2.45) is 5.92 Å². The molecular weight excluding hydrogens is 238 g/mol. The van der Waals surface area contributed by atoms with E-state index in [1.165, 1.54) is 6.42 Å². The van der Waals surface area contributed by atoms with Crippen LogP contribution in [0.3, 0.4) is 0 Å². The Hall–Kier alpha value is -1.81. The lowest BCUT2D eigenvalue weighted by atomic mass is 10.1. The van der Waals surface area contributed by atoms with Gasteiger partial charge >= 0.3 is 0 Å². The molecule has 3 rings (SSSR count). The highest BCUT2D eigenvalue weighted by Crippen LogP contribution is 2.15. The molecule has 0 saturated carbocycles. The van der Waals surface area contributed by atoms with Crippen molar-refractivity contribution < 1.29 is 4.79 Å². The normalized spacial score (nSPS) is 18.8. The molecule has 1 unspecified atom stereocenters. The van der Waals surface area contributed by atoms with Crippen LogP contribution in [0.5, 0.6) is 0 Å². The molecule has 1 amide bonds. The Bertz CT molecular complexity index is 537. The van der Waals surface area contributed by atoms with Crippen molar-refractivity contribution in [1.29, 1.82) is 0 Å². The fraction of sp³-hybridized carbons (Fsp3) is 0.400. The molecule has 4 nitrogen and oxygen atoms in total. The summed E-state index contributed by atoms with van der Waals surface area (Å²) in [7, 11) is 0. The molecule has 0 radical (unpaired) electrons. The van der Waals surface area contributed by atoms with Crippen LogP contribution < -0.4 is 10.6 Å². The number of nitrogens with one attached hydrogen (secondary N) is 3. The van der Waals surface area contributed by atoms with Crippen LogP contribution in [0.4, 0.5) is 0 Å². The first-order chi connectivity index (χ1) is 9.33. The topological polar surface area (TPSA) is 56.9 Å². The van der Waals surface area contributed by atoms with E-state index in [0.29, 0.717) is 11.6 Å². The number of carbonyl (C=O) groups excluding carboxylic acids is 1. The van der Waals surface area contributed by atoms with Gasteiger partial charge in [-0.2, -0.15) is 0 Å². The number of aromatic nitrogens is 1. The first-order valence-electron chi connectivity index (χ1n) is 6.89. The van der Waals surface area contributed by atoms with Crippen molar-refractivity contribution in [3.8, 4) is 0 Å². The Balaban J connectivity index is 1.57. The molecule has 2 aromatic rings. The van der Waals surface area contributed by atoms with Gasteiger partial charge in [0.25, 0.3) is 5.91 Å². The summed E-state index contributed by atoms with van der Waals surface area (Å²) >= 11 is 0. The number of H-pyrrole nitrogens is 1. The number of para-hydroxylation sites is 1. The van der Waals surface area contributed by atoms with Crippen molar-refractivity contribution >= 4 is 16.8 Å². The van der Waals surface area contributed by atoms with E-state index in [1.54, 1.807) is 0 Å². The zero-order valence-corrected chi connectivity index (χ0v) is 10.9. The van der Waals surface area contributed by atoms with Crippen molar-refractivity contribution in [1.82, 2.24) is 15.6 Å². The second kappa shape index (κ2) is 5.45.